The molecule has 4 nitrogen and oxygen atoms in total. The molecule has 0 bridgehead atoms. The molecular formula is C12H18N2O2. The Bertz CT molecular complexity index is 388. The number of pyridine rings is 1. The third-order valence-corrected chi connectivity index (χ3v) is 2.81. The highest BCUT2D eigenvalue weighted by Gasteiger charge is 2.28. The van der Waals surface area contributed by atoms with Gasteiger partial charge in [-0.1, -0.05) is 6.07 Å². The Morgan fingerprint density at radius 1 is 1.56 bits per heavy atom. The number of hydrogen-bond acceptors (Lipinski definition) is 3. The van der Waals surface area contributed by atoms with Crippen molar-refractivity contribution < 1.29 is 9.90 Å². The largest absolute Gasteiger partial charge is 0.394 e. The summed E-state index contributed by atoms with van der Waals surface area (Å²) in [4.78, 5) is 17.7. The van der Waals surface area contributed by atoms with Gasteiger partial charge in [0.15, 0.2) is 0 Å². The van der Waals surface area contributed by atoms with E-state index in [2.05, 4.69) is 4.98 Å². The quantitative estimate of drug-likeness (QED) is 0.837. The summed E-state index contributed by atoms with van der Waals surface area (Å²) >= 11 is 0. The first-order valence-electron chi connectivity index (χ1n) is 5.21. The molecule has 0 aliphatic heterocycles. The predicted molar refractivity (Wildman–Crippen MR) is 62.2 cm³/mol. The number of carbonyl (C=O) groups excluding carboxylic acids is 1. The summed E-state index contributed by atoms with van der Waals surface area (Å²) in [6.45, 7) is 5.38. The first-order chi connectivity index (χ1) is 7.40. The molecule has 0 fully saturated rings. The van der Waals surface area contributed by atoms with E-state index in [1.807, 2.05) is 26.8 Å². The fourth-order valence-corrected chi connectivity index (χ4v) is 1.25. The van der Waals surface area contributed by atoms with Gasteiger partial charge in [-0.3, -0.25) is 9.78 Å². The molecule has 0 aliphatic carbocycles. The SMILES string of the molecule is Cc1cccnc1C(=O)N(C)C(C)(C)CO. The monoisotopic (exact) mass is 222 g/mol. The minimum absolute atomic E-state index is 0.0822. The second kappa shape index (κ2) is 4.61. The fourth-order valence-electron chi connectivity index (χ4n) is 1.25. The summed E-state index contributed by atoms with van der Waals surface area (Å²) in [5, 5.41) is 9.22. The van der Waals surface area contributed by atoms with Gasteiger partial charge < -0.3 is 10.0 Å². The van der Waals surface area contributed by atoms with Crippen molar-refractivity contribution in [2.45, 2.75) is 26.3 Å². The summed E-state index contributed by atoms with van der Waals surface area (Å²) in [5.74, 6) is -0.169. The van der Waals surface area contributed by atoms with Crippen LogP contribution in [0.15, 0.2) is 18.3 Å². The number of carbonyl (C=O) groups is 1. The Morgan fingerprint density at radius 3 is 2.69 bits per heavy atom. The van der Waals surface area contributed by atoms with Crippen molar-refractivity contribution in [3.05, 3.63) is 29.6 Å². The summed E-state index contributed by atoms with van der Waals surface area (Å²) in [7, 11) is 1.67. The van der Waals surface area contributed by atoms with E-state index in [0.29, 0.717) is 5.69 Å². The van der Waals surface area contributed by atoms with Gasteiger partial charge in [0.2, 0.25) is 0 Å². The number of hydrogen-bond donors (Lipinski definition) is 1. The van der Waals surface area contributed by atoms with E-state index < -0.39 is 5.54 Å². The topological polar surface area (TPSA) is 53.4 Å². The lowest BCUT2D eigenvalue weighted by Crippen LogP contribution is -2.48. The smallest absolute Gasteiger partial charge is 0.272 e. The summed E-state index contributed by atoms with van der Waals surface area (Å²) in [6, 6.07) is 3.64. The Balaban J connectivity index is 3.00. The van der Waals surface area contributed by atoms with Crippen LogP contribution < -0.4 is 0 Å². The third-order valence-electron chi connectivity index (χ3n) is 2.81. The van der Waals surface area contributed by atoms with Crippen LogP contribution in [0.3, 0.4) is 0 Å². The fraction of sp³-hybridized carbons (Fsp3) is 0.500. The molecule has 0 radical (unpaired) electrons. The van der Waals surface area contributed by atoms with Crippen LogP contribution in [0, 0.1) is 6.92 Å². The van der Waals surface area contributed by atoms with Gasteiger partial charge in [-0.25, -0.2) is 0 Å². The Kier molecular flexibility index (Phi) is 3.65. The van der Waals surface area contributed by atoms with Gasteiger partial charge in [0.05, 0.1) is 12.1 Å². The Hall–Kier alpha value is -1.42. The van der Waals surface area contributed by atoms with Gasteiger partial charge in [0.1, 0.15) is 5.69 Å². The molecule has 4 heteroatoms. The van der Waals surface area contributed by atoms with Gasteiger partial charge in [-0.2, -0.15) is 0 Å². The average Bonchev–Trinajstić information content (AvgIpc) is 2.27. The van der Waals surface area contributed by atoms with Crippen molar-refractivity contribution in [1.82, 2.24) is 9.88 Å². The van der Waals surface area contributed by atoms with Crippen LogP contribution in [0.25, 0.3) is 0 Å². The number of aryl methyl sites for hydroxylation is 1. The minimum Gasteiger partial charge on any atom is -0.394 e. The number of amides is 1. The standard InChI is InChI=1S/C12H18N2O2/c1-9-6-5-7-13-10(9)11(16)14(4)12(2,3)8-15/h5-7,15H,8H2,1-4H3. The zero-order valence-electron chi connectivity index (χ0n) is 10.2. The molecule has 1 heterocycles. The van der Waals surface area contributed by atoms with E-state index in [0.717, 1.165) is 5.56 Å². The minimum atomic E-state index is -0.582. The maximum absolute atomic E-state index is 12.1. The molecule has 1 rings (SSSR count). The lowest BCUT2D eigenvalue weighted by Gasteiger charge is -2.33. The maximum atomic E-state index is 12.1. The zero-order chi connectivity index (χ0) is 12.3. The summed E-state index contributed by atoms with van der Waals surface area (Å²) in [6.07, 6.45) is 1.60. The first kappa shape index (κ1) is 12.6. The van der Waals surface area contributed by atoms with Crippen molar-refractivity contribution in [2.24, 2.45) is 0 Å². The molecule has 1 amide bonds. The molecule has 1 aromatic rings. The molecule has 0 atom stereocenters. The van der Waals surface area contributed by atoms with Crippen molar-refractivity contribution in [1.29, 1.82) is 0 Å². The number of aliphatic hydroxyl groups is 1. The second-order valence-electron chi connectivity index (χ2n) is 4.50. The Labute approximate surface area is 95.9 Å². The molecule has 0 saturated heterocycles. The van der Waals surface area contributed by atoms with Gasteiger partial charge in [-0.05, 0) is 32.4 Å². The lowest BCUT2D eigenvalue weighted by atomic mass is 10.0. The average molecular weight is 222 g/mol. The highest BCUT2D eigenvalue weighted by molar-refractivity contribution is 5.93. The van der Waals surface area contributed by atoms with E-state index in [4.69, 9.17) is 0 Å². The van der Waals surface area contributed by atoms with E-state index in [9.17, 15) is 9.90 Å². The number of nitrogens with zero attached hydrogens (tertiary/aromatic N) is 2. The summed E-state index contributed by atoms with van der Waals surface area (Å²) < 4.78 is 0. The van der Waals surface area contributed by atoms with Crippen LogP contribution in [0.1, 0.15) is 29.9 Å². The van der Waals surface area contributed by atoms with E-state index >= 15 is 0 Å². The Morgan fingerprint density at radius 2 is 2.19 bits per heavy atom. The zero-order valence-corrected chi connectivity index (χ0v) is 10.2. The van der Waals surface area contributed by atoms with Crippen LogP contribution in [0.5, 0.6) is 0 Å². The molecule has 0 spiro atoms. The molecule has 88 valence electrons. The number of rotatable bonds is 3. The van der Waals surface area contributed by atoms with Crippen molar-refractivity contribution in [3.8, 4) is 0 Å². The van der Waals surface area contributed by atoms with Crippen molar-refractivity contribution >= 4 is 5.91 Å². The molecule has 0 saturated carbocycles. The highest BCUT2D eigenvalue weighted by Crippen LogP contribution is 2.15. The van der Waals surface area contributed by atoms with E-state index in [1.165, 1.54) is 4.90 Å². The van der Waals surface area contributed by atoms with Crippen LogP contribution in [0.4, 0.5) is 0 Å². The summed E-state index contributed by atoms with van der Waals surface area (Å²) in [5.41, 5.74) is 0.695. The van der Waals surface area contributed by atoms with Crippen LogP contribution in [-0.2, 0) is 0 Å². The van der Waals surface area contributed by atoms with E-state index in [1.54, 1.807) is 19.3 Å². The van der Waals surface area contributed by atoms with Crippen LogP contribution in [0.2, 0.25) is 0 Å². The van der Waals surface area contributed by atoms with Crippen molar-refractivity contribution in [2.75, 3.05) is 13.7 Å². The first-order valence-corrected chi connectivity index (χ1v) is 5.21. The lowest BCUT2D eigenvalue weighted by molar-refractivity contribution is 0.0467. The highest BCUT2D eigenvalue weighted by atomic mass is 16.3. The molecular weight excluding hydrogens is 204 g/mol. The third kappa shape index (κ3) is 2.39. The van der Waals surface area contributed by atoms with Crippen molar-refractivity contribution in [3.63, 3.8) is 0 Å². The molecule has 1 aromatic heterocycles. The maximum Gasteiger partial charge on any atom is 0.272 e. The second-order valence-corrected chi connectivity index (χ2v) is 4.50. The number of likely N-dealkylation sites (N-methyl/N-ethyl adjacent to an activating group) is 1. The number of aromatic nitrogens is 1. The normalized spacial score (nSPS) is 11.3. The molecule has 1 N–H and O–H groups in total. The van der Waals surface area contributed by atoms with Gasteiger partial charge in [0.25, 0.3) is 5.91 Å². The predicted octanol–water partition coefficient (Wildman–Crippen LogP) is 1.23. The van der Waals surface area contributed by atoms with Gasteiger partial charge in [0, 0.05) is 13.2 Å². The molecule has 0 aromatic carbocycles. The van der Waals surface area contributed by atoms with Crippen LogP contribution >= 0.6 is 0 Å². The molecule has 16 heavy (non-hydrogen) atoms. The van der Waals surface area contributed by atoms with Gasteiger partial charge in [-0.15, -0.1) is 0 Å². The number of aliphatic hydroxyl groups excluding tert-OH is 1. The van der Waals surface area contributed by atoms with Crippen LogP contribution in [-0.4, -0.2) is 40.1 Å². The molecule has 0 aliphatic rings. The van der Waals surface area contributed by atoms with E-state index in [-0.39, 0.29) is 12.5 Å². The molecule has 0 unspecified atom stereocenters. The van der Waals surface area contributed by atoms with Gasteiger partial charge >= 0.3 is 0 Å².